The predicted octanol–water partition coefficient (Wildman–Crippen LogP) is 5.02. The molecule has 0 spiro atoms. The largest absolute Gasteiger partial charge is 0.501 e. The zero-order valence-electron chi connectivity index (χ0n) is 14.7. The molecular formula is C19H31NO2. The van der Waals surface area contributed by atoms with Gasteiger partial charge in [0.1, 0.15) is 5.76 Å². The molecule has 22 heavy (non-hydrogen) atoms. The van der Waals surface area contributed by atoms with Crippen molar-refractivity contribution in [1.82, 2.24) is 0 Å². The number of ether oxygens (including phenoxy) is 1. The van der Waals surface area contributed by atoms with Gasteiger partial charge >= 0.3 is 0 Å². The van der Waals surface area contributed by atoms with Crippen LogP contribution in [0.25, 0.3) is 0 Å². The highest BCUT2D eigenvalue weighted by atomic mass is 16.5. The van der Waals surface area contributed by atoms with E-state index in [9.17, 15) is 4.79 Å². The molecule has 0 aromatic carbocycles. The van der Waals surface area contributed by atoms with Crippen LogP contribution in [0.5, 0.6) is 0 Å². The Labute approximate surface area is 135 Å². The molecule has 1 fully saturated rings. The third kappa shape index (κ3) is 4.60. The summed E-state index contributed by atoms with van der Waals surface area (Å²) < 4.78 is 5.53. The average Bonchev–Trinajstić information content (AvgIpc) is 2.57. The molecule has 3 nitrogen and oxygen atoms in total. The lowest BCUT2D eigenvalue weighted by atomic mass is 9.67. The average molecular weight is 305 g/mol. The van der Waals surface area contributed by atoms with Gasteiger partial charge in [-0.15, -0.1) is 0 Å². The van der Waals surface area contributed by atoms with Crippen LogP contribution in [0.2, 0.25) is 0 Å². The zero-order chi connectivity index (χ0) is 16.6. The zero-order valence-corrected chi connectivity index (χ0v) is 14.7. The number of nitriles is 1. The van der Waals surface area contributed by atoms with E-state index in [1.165, 1.54) is 25.7 Å². The molecule has 0 aromatic rings. The number of carbonyl (C=O) groups is 1. The molecule has 0 radical (unpaired) electrons. The number of hydrogen-bond donors (Lipinski definition) is 0. The van der Waals surface area contributed by atoms with Gasteiger partial charge < -0.3 is 4.74 Å². The molecule has 3 heteroatoms. The molecule has 1 aliphatic rings. The third-order valence-corrected chi connectivity index (χ3v) is 5.70. The topological polar surface area (TPSA) is 50.1 Å². The van der Waals surface area contributed by atoms with E-state index >= 15 is 0 Å². The van der Waals surface area contributed by atoms with Crippen molar-refractivity contribution < 1.29 is 9.53 Å². The molecule has 1 atom stereocenters. The number of carbonyl (C=O) groups excluding carboxylic acids is 1. The number of ketones is 1. The smallest absolute Gasteiger partial charge is 0.163 e. The Balaban J connectivity index is 2.75. The highest BCUT2D eigenvalue weighted by Gasteiger charge is 2.34. The molecule has 1 unspecified atom stereocenters. The molecular weight excluding hydrogens is 274 g/mol. The molecule has 1 saturated carbocycles. The number of methoxy groups -OCH3 is 1. The fraction of sp³-hybridized carbons (Fsp3) is 0.789. The van der Waals surface area contributed by atoms with E-state index in [0.717, 1.165) is 18.6 Å². The number of hydrogen-bond acceptors (Lipinski definition) is 3. The standard InChI is InChI=1S/C19H31NO2/c1-5-15(10-13-20)17(21)14-18(22-4)16-8-11-19(6-2,7-3)12-9-16/h14-16H,5-12H2,1-4H3/b18-14-. The molecule has 0 aliphatic heterocycles. The maximum atomic E-state index is 12.3. The first kappa shape index (κ1) is 18.7. The van der Waals surface area contributed by atoms with Crippen LogP contribution in [0.3, 0.4) is 0 Å². The van der Waals surface area contributed by atoms with Gasteiger partial charge in [0.2, 0.25) is 0 Å². The van der Waals surface area contributed by atoms with Gasteiger partial charge in [-0.2, -0.15) is 5.26 Å². The summed E-state index contributed by atoms with van der Waals surface area (Å²) in [4.78, 5) is 12.3. The van der Waals surface area contributed by atoms with Crippen LogP contribution < -0.4 is 0 Å². The van der Waals surface area contributed by atoms with Gasteiger partial charge in [0.15, 0.2) is 5.78 Å². The molecule has 1 aliphatic carbocycles. The van der Waals surface area contributed by atoms with Crippen molar-refractivity contribution in [3.63, 3.8) is 0 Å². The monoisotopic (exact) mass is 305 g/mol. The predicted molar refractivity (Wildman–Crippen MR) is 89.1 cm³/mol. The van der Waals surface area contributed by atoms with E-state index in [1.54, 1.807) is 13.2 Å². The Morgan fingerprint density at radius 1 is 1.32 bits per heavy atom. The van der Waals surface area contributed by atoms with E-state index in [0.29, 0.717) is 24.2 Å². The van der Waals surface area contributed by atoms with Gasteiger partial charge in [-0.1, -0.05) is 33.6 Å². The first-order chi connectivity index (χ1) is 10.6. The lowest BCUT2D eigenvalue weighted by Gasteiger charge is -2.39. The van der Waals surface area contributed by atoms with Crippen LogP contribution in [-0.2, 0) is 9.53 Å². The summed E-state index contributed by atoms with van der Waals surface area (Å²) in [5.74, 6) is 1.04. The first-order valence-corrected chi connectivity index (χ1v) is 8.72. The van der Waals surface area contributed by atoms with Gasteiger partial charge in [-0.25, -0.2) is 0 Å². The van der Waals surface area contributed by atoms with Crippen molar-refractivity contribution in [2.75, 3.05) is 7.11 Å². The summed E-state index contributed by atoms with van der Waals surface area (Å²) >= 11 is 0. The van der Waals surface area contributed by atoms with Crippen molar-refractivity contribution in [2.24, 2.45) is 17.3 Å². The Morgan fingerprint density at radius 3 is 2.32 bits per heavy atom. The summed E-state index contributed by atoms with van der Waals surface area (Å²) in [6, 6.07) is 2.11. The van der Waals surface area contributed by atoms with Gasteiger partial charge in [0.05, 0.1) is 13.2 Å². The number of allylic oxidation sites excluding steroid dienone is 2. The van der Waals surface area contributed by atoms with Crippen LogP contribution in [0.1, 0.15) is 72.1 Å². The first-order valence-electron chi connectivity index (χ1n) is 8.72. The fourth-order valence-electron chi connectivity index (χ4n) is 3.63. The van der Waals surface area contributed by atoms with E-state index in [2.05, 4.69) is 19.9 Å². The highest BCUT2D eigenvalue weighted by Crippen LogP contribution is 2.45. The van der Waals surface area contributed by atoms with Gasteiger partial charge in [0.25, 0.3) is 0 Å². The van der Waals surface area contributed by atoms with Crippen molar-refractivity contribution in [3.05, 3.63) is 11.8 Å². The van der Waals surface area contributed by atoms with E-state index < -0.39 is 0 Å². The minimum atomic E-state index is -0.191. The summed E-state index contributed by atoms with van der Waals surface area (Å²) in [5, 5.41) is 8.81. The second-order valence-electron chi connectivity index (χ2n) is 6.60. The lowest BCUT2D eigenvalue weighted by Crippen LogP contribution is -2.27. The van der Waals surface area contributed by atoms with Crippen molar-refractivity contribution in [2.45, 2.75) is 72.1 Å². The van der Waals surface area contributed by atoms with E-state index in [-0.39, 0.29) is 11.7 Å². The SMILES string of the molecule is CCC(CC#N)C(=O)/C=C(\OC)C1CCC(CC)(CC)CC1. The van der Waals surface area contributed by atoms with Gasteiger partial charge in [-0.3, -0.25) is 4.79 Å². The summed E-state index contributed by atoms with van der Waals surface area (Å²) in [5.41, 5.74) is 0.492. The molecule has 0 N–H and O–H groups in total. The molecule has 0 aromatic heterocycles. The summed E-state index contributed by atoms with van der Waals surface area (Å²) in [7, 11) is 1.66. The second-order valence-corrected chi connectivity index (χ2v) is 6.60. The molecule has 124 valence electrons. The minimum absolute atomic E-state index is 0.0451. The van der Waals surface area contributed by atoms with E-state index in [4.69, 9.17) is 10.00 Å². The van der Waals surface area contributed by atoms with Crippen LogP contribution in [-0.4, -0.2) is 12.9 Å². The third-order valence-electron chi connectivity index (χ3n) is 5.70. The van der Waals surface area contributed by atoms with Gasteiger partial charge in [-0.05, 0) is 37.5 Å². The van der Waals surface area contributed by atoms with Crippen LogP contribution >= 0.6 is 0 Å². The molecule has 0 saturated heterocycles. The van der Waals surface area contributed by atoms with Crippen LogP contribution in [0.4, 0.5) is 0 Å². The van der Waals surface area contributed by atoms with Crippen molar-refractivity contribution in [3.8, 4) is 6.07 Å². The maximum absolute atomic E-state index is 12.3. The second kappa shape index (κ2) is 8.98. The van der Waals surface area contributed by atoms with Crippen molar-refractivity contribution in [1.29, 1.82) is 5.26 Å². The highest BCUT2D eigenvalue weighted by molar-refractivity contribution is 5.92. The Hall–Kier alpha value is -1.30. The van der Waals surface area contributed by atoms with Crippen molar-refractivity contribution >= 4 is 5.78 Å². The Bertz CT molecular complexity index is 419. The summed E-state index contributed by atoms with van der Waals surface area (Å²) in [6.07, 6.45) is 9.78. The maximum Gasteiger partial charge on any atom is 0.163 e. The van der Waals surface area contributed by atoms with Gasteiger partial charge in [0, 0.05) is 24.3 Å². The lowest BCUT2D eigenvalue weighted by molar-refractivity contribution is -0.118. The minimum Gasteiger partial charge on any atom is -0.501 e. The normalized spacial score (nSPS) is 20.2. The summed E-state index contributed by atoms with van der Waals surface area (Å²) in [6.45, 7) is 6.53. The molecule has 0 heterocycles. The van der Waals surface area contributed by atoms with Crippen LogP contribution in [0.15, 0.2) is 11.8 Å². The Kier molecular flexibility index (Phi) is 7.65. The Morgan fingerprint density at radius 2 is 1.91 bits per heavy atom. The number of nitrogens with zero attached hydrogens (tertiary/aromatic N) is 1. The number of rotatable bonds is 8. The molecule has 1 rings (SSSR count). The quantitative estimate of drug-likeness (QED) is 0.467. The fourth-order valence-corrected chi connectivity index (χ4v) is 3.63. The van der Waals surface area contributed by atoms with Crippen LogP contribution in [0, 0.1) is 28.6 Å². The molecule has 0 bridgehead atoms. The van der Waals surface area contributed by atoms with E-state index in [1.807, 2.05) is 6.92 Å². The molecule has 0 amide bonds.